The van der Waals surface area contributed by atoms with Crippen LogP contribution in [-0.2, 0) is 6.54 Å². The number of pyridine rings is 1. The van der Waals surface area contributed by atoms with Crippen molar-refractivity contribution in [2.24, 2.45) is 0 Å². The highest BCUT2D eigenvalue weighted by atomic mass is 16.4. The Bertz CT molecular complexity index is 737. The van der Waals surface area contributed by atoms with Crippen LogP contribution in [0.5, 0.6) is 0 Å². The lowest BCUT2D eigenvalue weighted by Gasteiger charge is -2.02. The van der Waals surface area contributed by atoms with Crippen LogP contribution in [0.4, 0.5) is 0 Å². The second-order valence-electron chi connectivity index (χ2n) is 4.12. The van der Waals surface area contributed by atoms with E-state index in [0.717, 1.165) is 11.1 Å². The third kappa shape index (κ3) is 2.15. The van der Waals surface area contributed by atoms with Gasteiger partial charge in [-0.15, -0.1) is 5.10 Å². The Hall–Kier alpha value is -2.76. The van der Waals surface area contributed by atoms with E-state index >= 15 is 0 Å². The highest BCUT2D eigenvalue weighted by molar-refractivity contribution is 5.92. The first kappa shape index (κ1) is 11.3. The normalized spacial score (nSPS) is 10.7. The van der Waals surface area contributed by atoms with Crippen molar-refractivity contribution in [2.45, 2.75) is 6.54 Å². The highest BCUT2D eigenvalue weighted by Crippen LogP contribution is 2.14. The maximum Gasteiger partial charge on any atom is 0.335 e. The summed E-state index contributed by atoms with van der Waals surface area (Å²) < 4.78 is 1.72. The molecule has 6 heteroatoms. The summed E-state index contributed by atoms with van der Waals surface area (Å²) in [6.07, 6.45) is 3.47. The van der Waals surface area contributed by atoms with Crippen molar-refractivity contribution in [1.82, 2.24) is 20.0 Å². The van der Waals surface area contributed by atoms with Gasteiger partial charge in [0.15, 0.2) is 0 Å². The Morgan fingerprint density at radius 3 is 2.95 bits per heavy atom. The third-order valence-electron chi connectivity index (χ3n) is 2.82. The molecule has 0 atom stereocenters. The van der Waals surface area contributed by atoms with Crippen LogP contribution in [0, 0.1) is 0 Å². The molecule has 2 aromatic heterocycles. The zero-order chi connectivity index (χ0) is 13.2. The first-order valence-electron chi connectivity index (χ1n) is 5.69. The molecular weight excluding hydrogens is 244 g/mol. The quantitative estimate of drug-likeness (QED) is 0.767. The Labute approximate surface area is 108 Å². The molecule has 0 aliphatic carbocycles. The van der Waals surface area contributed by atoms with Gasteiger partial charge in [-0.3, -0.25) is 4.98 Å². The molecule has 0 saturated heterocycles. The number of benzene rings is 1. The molecule has 0 unspecified atom stereocenters. The van der Waals surface area contributed by atoms with Crippen LogP contribution in [0.1, 0.15) is 15.9 Å². The Balaban J connectivity index is 1.99. The maximum absolute atomic E-state index is 10.9. The van der Waals surface area contributed by atoms with Crippen molar-refractivity contribution in [3.05, 3.63) is 53.9 Å². The maximum atomic E-state index is 10.9. The van der Waals surface area contributed by atoms with Crippen molar-refractivity contribution in [1.29, 1.82) is 0 Å². The van der Waals surface area contributed by atoms with Crippen molar-refractivity contribution in [2.75, 3.05) is 0 Å². The number of aromatic nitrogens is 4. The van der Waals surface area contributed by atoms with Gasteiger partial charge in [0.05, 0.1) is 17.6 Å². The van der Waals surface area contributed by atoms with Crippen molar-refractivity contribution < 1.29 is 9.90 Å². The summed E-state index contributed by atoms with van der Waals surface area (Å²) in [5.74, 6) is -0.969. The zero-order valence-corrected chi connectivity index (χ0v) is 9.89. The van der Waals surface area contributed by atoms with Crippen LogP contribution >= 0.6 is 0 Å². The topological polar surface area (TPSA) is 80.9 Å². The number of hydrogen-bond acceptors (Lipinski definition) is 4. The lowest BCUT2D eigenvalue weighted by molar-refractivity contribution is 0.0697. The Morgan fingerprint density at radius 2 is 2.21 bits per heavy atom. The molecule has 0 radical (unpaired) electrons. The molecule has 0 spiro atoms. The van der Waals surface area contributed by atoms with E-state index < -0.39 is 5.97 Å². The summed E-state index contributed by atoms with van der Waals surface area (Å²) in [7, 11) is 0. The van der Waals surface area contributed by atoms with Gasteiger partial charge in [-0.2, -0.15) is 0 Å². The minimum Gasteiger partial charge on any atom is -0.478 e. The molecule has 19 heavy (non-hydrogen) atoms. The SMILES string of the molecule is O=C(O)c1ccc2c(c1)nnn2Cc1cccnc1. The third-order valence-corrected chi connectivity index (χ3v) is 2.82. The fourth-order valence-electron chi connectivity index (χ4n) is 1.89. The average molecular weight is 254 g/mol. The summed E-state index contributed by atoms with van der Waals surface area (Å²) in [5, 5.41) is 16.9. The summed E-state index contributed by atoms with van der Waals surface area (Å²) >= 11 is 0. The molecule has 94 valence electrons. The molecule has 0 saturated carbocycles. The van der Waals surface area contributed by atoms with E-state index in [0.29, 0.717) is 12.1 Å². The van der Waals surface area contributed by atoms with Gasteiger partial charge in [-0.25, -0.2) is 9.48 Å². The summed E-state index contributed by atoms with van der Waals surface area (Å²) in [6, 6.07) is 8.59. The van der Waals surface area contributed by atoms with Gasteiger partial charge >= 0.3 is 5.97 Å². The van der Waals surface area contributed by atoms with Crippen LogP contribution < -0.4 is 0 Å². The van der Waals surface area contributed by atoms with E-state index in [4.69, 9.17) is 5.11 Å². The fraction of sp³-hybridized carbons (Fsp3) is 0.0769. The predicted molar refractivity (Wildman–Crippen MR) is 67.8 cm³/mol. The van der Waals surface area contributed by atoms with E-state index in [1.54, 1.807) is 29.2 Å². The first-order chi connectivity index (χ1) is 9.24. The molecule has 0 bridgehead atoms. The number of nitrogens with zero attached hydrogens (tertiary/aromatic N) is 4. The van der Waals surface area contributed by atoms with Gasteiger partial charge < -0.3 is 5.11 Å². The minimum atomic E-state index is -0.969. The molecular formula is C13H10N4O2. The van der Waals surface area contributed by atoms with E-state index in [9.17, 15) is 4.79 Å². The van der Waals surface area contributed by atoms with E-state index in [1.165, 1.54) is 6.07 Å². The standard InChI is InChI=1S/C13H10N4O2/c18-13(19)10-3-4-12-11(6-10)15-16-17(12)8-9-2-1-5-14-7-9/h1-7H,8H2,(H,18,19). The number of carboxylic acids is 1. The molecule has 0 fully saturated rings. The van der Waals surface area contributed by atoms with Crippen LogP contribution in [0.2, 0.25) is 0 Å². The molecule has 0 aliphatic heterocycles. The minimum absolute atomic E-state index is 0.209. The van der Waals surface area contributed by atoms with Crippen LogP contribution in [0.15, 0.2) is 42.7 Å². The van der Waals surface area contributed by atoms with Gasteiger partial charge in [0.2, 0.25) is 0 Å². The van der Waals surface area contributed by atoms with Gasteiger partial charge in [0.1, 0.15) is 5.52 Å². The second kappa shape index (κ2) is 4.49. The van der Waals surface area contributed by atoms with Crippen molar-refractivity contribution >= 4 is 17.0 Å². The molecule has 2 heterocycles. The van der Waals surface area contributed by atoms with E-state index in [-0.39, 0.29) is 5.56 Å². The summed E-state index contributed by atoms with van der Waals surface area (Å²) in [5.41, 5.74) is 2.59. The average Bonchev–Trinajstić information content (AvgIpc) is 2.82. The highest BCUT2D eigenvalue weighted by Gasteiger charge is 2.09. The van der Waals surface area contributed by atoms with Gasteiger partial charge in [0.25, 0.3) is 0 Å². The van der Waals surface area contributed by atoms with E-state index in [2.05, 4.69) is 15.3 Å². The lowest BCUT2D eigenvalue weighted by Crippen LogP contribution is -2.02. The van der Waals surface area contributed by atoms with Gasteiger partial charge in [0, 0.05) is 12.4 Å². The number of fused-ring (bicyclic) bond motifs is 1. The smallest absolute Gasteiger partial charge is 0.335 e. The number of rotatable bonds is 3. The molecule has 3 aromatic rings. The number of carboxylic acid groups (broad SMARTS) is 1. The van der Waals surface area contributed by atoms with Crippen molar-refractivity contribution in [3.63, 3.8) is 0 Å². The second-order valence-corrected chi connectivity index (χ2v) is 4.12. The molecule has 3 rings (SSSR count). The zero-order valence-electron chi connectivity index (χ0n) is 9.89. The monoisotopic (exact) mass is 254 g/mol. The van der Waals surface area contributed by atoms with Crippen LogP contribution in [0.25, 0.3) is 11.0 Å². The fourth-order valence-corrected chi connectivity index (χ4v) is 1.89. The van der Waals surface area contributed by atoms with Crippen LogP contribution in [0.3, 0.4) is 0 Å². The molecule has 1 aromatic carbocycles. The van der Waals surface area contributed by atoms with E-state index in [1.807, 2.05) is 12.1 Å². The van der Waals surface area contributed by atoms with Crippen molar-refractivity contribution in [3.8, 4) is 0 Å². The summed E-state index contributed by atoms with van der Waals surface area (Å²) in [6.45, 7) is 0.552. The largest absolute Gasteiger partial charge is 0.478 e. The molecule has 0 aliphatic rings. The van der Waals surface area contributed by atoms with Gasteiger partial charge in [-0.1, -0.05) is 11.3 Å². The van der Waals surface area contributed by atoms with Gasteiger partial charge in [-0.05, 0) is 29.8 Å². The number of carbonyl (C=O) groups is 1. The van der Waals surface area contributed by atoms with Crippen LogP contribution in [-0.4, -0.2) is 31.1 Å². The number of aromatic carboxylic acids is 1. The Morgan fingerprint density at radius 1 is 1.32 bits per heavy atom. The first-order valence-corrected chi connectivity index (χ1v) is 5.69. The Kier molecular flexibility index (Phi) is 2.68. The predicted octanol–water partition coefficient (Wildman–Crippen LogP) is 1.57. The number of hydrogen-bond donors (Lipinski definition) is 1. The molecule has 0 amide bonds. The lowest BCUT2D eigenvalue weighted by atomic mass is 10.2. The molecule has 1 N–H and O–H groups in total. The summed E-state index contributed by atoms with van der Waals surface area (Å²) in [4.78, 5) is 14.9. The molecule has 6 nitrogen and oxygen atoms in total.